The molecule has 3 atom stereocenters. The summed E-state index contributed by atoms with van der Waals surface area (Å²) in [5.41, 5.74) is 4.77. The van der Waals surface area contributed by atoms with Gasteiger partial charge in [-0.2, -0.15) is 0 Å². The van der Waals surface area contributed by atoms with Gasteiger partial charge in [0.1, 0.15) is 5.92 Å². The minimum Gasteiger partial charge on any atom is -0.490 e. The highest BCUT2D eigenvalue weighted by Gasteiger charge is 2.59. The zero-order valence-corrected chi connectivity index (χ0v) is 22.7. The molecule has 2 N–H and O–H groups in total. The van der Waals surface area contributed by atoms with Crippen molar-refractivity contribution in [3.63, 3.8) is 0 Å². The van der Waals surface area contributed by atoms with Gasteiger partial charge in [-0.1, -0.05) is 48.9 Å². The predicted octanol–water partition coefficient (Wildman–Crippen LogP) is 6.06. The fourth-order valence-corrected chi connectivity index (χ4v) is 5.89. The summed E-state index contributed by atoms with van der Waals surface area (Å²) >= 11 is 5.89. The number of amides is 1. The molecule has 1 fully saturated rings. The van der Waals surface area contributed by atoms with E-state index < -0.39 is 17.7 Å². The van der Waals surface area contributed by atoms with Crippen molar-refractivity contribution in [3.05, 3.63) is 82.9 Å². The van der Waals surface area contributed by atoms with Gasteiger partial charge in [-0.15, -0.1) is 0 Å². The number of hydrogen-bond donors (Lipinski definition) is 2. The summed E-state index contributed by atoms with van der Waals surface area (Å²) in [5.74, 6) is 0.533. The Labute approximate surface area is 224 Å². The van der Waals surface area contributed by atoms with Crippen LogP contribution in [0.5, 0.6) is 11.5 Å². The second-order valence-electron chi connectivity index (χ2n) is 9.83. The summed E-state index contributed by atoms with van der Waals surface area (Å²) in [7, 11) is 0. The van der Waals surface area contributed by atoms with Crippen LogP contribution < -0.4 is 25.0 Å². The summed E-state index contributed by atoms with van der Waals surface area (Å²) in [4.78, 5) is 16.0. The van der Waals surface area contributed by atoms with E-state index in [4.69, 9.17) is 21.7 Å². The normalized spacial score (nSPS) is 22.0. The molecule has 3 aromatic carbocycles. The number of ether oxygens (including phenoxy) is 2. The molecule has 0 unspecified atom stereocenters. The molecule has 1 amide bonds. The first kappa shape index (κ1) is 25.1. The first-order chi connectivity index (χ1) is 17.8. The summed E-state index contributed by atoms with van der Waals surface area (Å²) < 4.78 is 12.7. The smallest absolute Gasteiger partial charge is 0.236 e. The molecule has 0 aromatic heterocycles. The van der Waals surface area contributed by atoms with Gasteiger partial charge in [0.15, 0.2) is 22.3 Å². The maximum absolute atomic E-state index is 14.1. The summed E-state index contributed by atoms with van der Waals surface area (Å²) in [5, 5.41) is 7.17. The maximum Gasteiger partial charge on any atom is 0.236 e. The van der Waals surface area contributed by atoms with Gasteiger partial charge in [-0.05, 0) is 81.7 Å². The van der Waals surface area contributed by atoms with Crippen LogP contribution in [-0.2, 0) is 11.2 Å². The van der Waals surface area contributed by atoms with Crippen molar-refractivity contribution in [1.29, 1.82) is 0 Å². The third-order valence-corrected chi connectivity index (χ3v) is 7.61. The van der Waals surface area contributed by atoms with Gasteiger partial charge in [-0.25, -0.2) is 0 Å². The number of carbonyl (C=O) groups is 1. The molecule has 2 aliphatic rings. The number of rotatable bonds is 6. The molecule has 37 heavy (non-hydrogen) atoms. The summed E-state index contributed by atoms with van der Waals surface area (Å²) in [6.45, 7) is 10.6. The Morgan fingerprint density at radius 3 is 2.57 bits per heavy atom. The number of fused-ring (bicyclic) bond motifs is 4. The van der Waals surface area contributed by atoms with Crippen LogP contribution in [0, 0.1) is 19.8 Å². The largest absolute Gasteiger partial charge is 0.490 e. The van der Waals surface area contributed by atoms with Crippen LogP contribution in [-0.4, -0.2) is 23.4 Å². The number of anilines is 2. The third-order valence-electron chi connectivity index (χ3n) is 7.31. The lowest BCUT2D eigenvalue weighted by Crippen LogP contribution is -2.72. The minimum atomic E-state index is -1.11. The molecule has 7 heteroatoms. The van der Waals surface area contributed by atoms with Crippen molar-refractivity contribution >= 4 is 34.6 Å². The molecule has 3 aromatic rings. The van der Waals surface area contributed by atoms with E-state index in [1.165, 1.54) is 5.56 Å². The highest BCUT2D eigenvalue weighted by Crippen LogP contribution is 2.52. The average molecular weight is 516 g/mol. The number of benzene rings is 3. The zero-order chi connectivity index (χ0) is 26.3. The molecule has 6 nitrogen and oxygen atoms in total. The number of hydrogen-bond acceptors (Lipinski definition) is 4. The number of thiocarbonyl (C=S) groups is 1. The first-order valence-electron chi connectivity index (χ1n) is 12.8. The quantitative estimate of drug-likeness (QED) is 0.389. The lowest BCUT2D eigenvalue weighted by atomic mass is 9.78. The topological polar surface area (TPSA) is 62.8 Å². The number of nitrogens with one attached hydrogen (secondary N) is 2. The second-order valence-corrected chi connectivity index (χ2v) is 10.2. The van der Waals surface area contributed by atoms with Crippen molar-refractivity contribution < 1.29 is 14.3 Å². The van der Waals surface area contributed by atoms with E-state index in [0.29, 0.717) is 23.2 Å². The van der Waals surface area contributed by atoms with E-state index in [9.17, 15) is 4.79 Å². The number of carbonyl (C=O) groups excluding carboxylic acids is 1. The van der Waals surface area contributed by atoms with E-state index in [1.54, 1.807) is 0 Å². The van der Waals surface area contributed by atoms with Crippen LogP contribution in [0.1, 0.15) is 49.1 Å². The van der Waals surface area contributed by atoms with E-state index >= 15 is 0 Å². The van der Waals surface area contributed by atoms with Gasteiger partial charge in [0, 0.05) is 16.9 Å². The molecule has 0 radical (unpaired) electrons. The highest BCUT2D eigenvalue weighted by atomic mass is 32.1. The predicted molar refractivity (Wildman–Crippen MR) is 151 cm³/mol. The second kappa shape index (κ2) is 9.71. The number of aryl methyl sites for hydroxylation is 3. The summed E-state index contributed by atoms with van der Waals surface area (Å²) in [6.07, 6.45) is 0.935. The van der Waals surface area contributed by atoms with Crippen molar-refractivity contribution in [3.8, 4) is 11.5 Å². The van der Waals surface area contributed by atoms with Crippen molar-refractivity contribution in [1.82, 2.24) is 5.32 Å². The Kier molecular flexibility index (Phi) is 6.58. The van der Waals surface area contributed by atoms with Crippen molar-refractivity contribution in [2.24, 2.45) is 5.92 Å². The SMILES string of the molecule is CCOc1cccc2c1O[C@]1(C)[C@@H](C(=O)Nc3ccc(C)cc3C)[C@@H]2NC(=S)N1c1ccc(CC)cc1. The fourth-order valence-electron chi connectivity index (χ4n) is 5.47. The lowest BCUT2D eigenvalue weighted by molar-refractivity contribution is -0.130. The van der Waals surface area contributed by atoms with Crippen LogP contribution in [0.2, 0.25) is 0 Å². The molecule has 2 aliphatic heterocycles. The van der Waals surface area contributed by atoms with E-state index in [1.807, 2.05) is 75.1 Å². The van der Waals surface area contributed by atoms with Crippen molar-refractivity contribution in [2.45, 2.75) is 52.8 Å². The minimum absolute atomic E-state index is 0.142. The Balaban J connectivity index is 1.63. The molecule has 0 saturated carbocycles. The Morgan fingerprint density at radius 1 is 1.14 bits per heavy atom. The third kappa shape index (κ3) is 4.31. The van der Waals surface area contributed by atoms with Gasteiger partial charge in [0.25, 0.3) is 0 Å². The molecule has 2 bridgehead atoms. The zero-order valence-electron chi connectivity index (χ0n) is 21.9. The van der Waals surface area contributed by atoms with E-state index in [0.717, 1.165) is 34.5 Å². The van der Waals surface area contributed by atoms with Crippen LogP contribution in [0.15, 0.2) is 60.7 Å². The number of nitrogens with zero attached hydrogens (tertiary/aromatic N) is 1. The van der Waals surface area contributed by atoms with E-state index in [-0.39, 0.29) is 5.91 Å². The van der Waals surface area contributed by atoms with Crippen LogP contribution >= 0.6 is 12.2 Å². The molecule has 1 saturated heterocycles. The van der Waals surface area contributed by atoms with Crippen LogP contribution in [0.4, 0.5) is 11.4 Å². The van der Waals surface area contributed by atoms with Gasteiger partial charge in [0.2, 0.25) is 5.91 Å². The molecule has 2 heterocycles. The summed E-state index contributed by atoms with van der Waals surface area (Å²) in [6, 6.07) is 19.7. The molecule has 5 rings (SSSR count). The Hall–Kier alpha value is -3.58. The molecular weight excluding hydrogens is 482 g/mol. The van der Waals surface area contributed by atoms with E-state index in [2.05, 4.69) is 35.8 Å². The standard InChI is InChI=1S/C30H33N3O3S/c1-6-20-12-14-21(15-13-20)33-29(37)32-26-22-9-8-10-24(35-7-2)27(22)36-30(33,5)25(26)28(34)31-23-16-11-18(3)17-19(23)4/h8-17,25-26H,6-7H2,1-5H3,(H,31,34)(H,32,37)/t25-,26-,30-/m1/s1. The van der Waals surface area contributed by atoms with Gasteiger partial charge in [0.05, 0.1) is 12.6 Å². The average Bonchev–Trinajstić information content (AvgIpc) is 2.86. The first-order valence-corrected chi connectivity index (χ1v) is 13.2. The maximum atomic E-state index is 14.1. The van der Waals surface area contributed by atoms with Crippen molar-refractivity contribution in [2.75, 3.05) is 16.8 Å². The van der Waals surface area contributed by atoms with Crippen LogP contribution in [0.3, 0.4) is 0 Å². The molecule has 0 spiro atoms. The Bertz CT molecular complexity index is 1360. The Morgan fingerprint density at radius 2 is 1.89 bits per heavy atom. The molecular formula is C30H33N3O3S. The molecule has 0 aliphatic carbocycles. The van der Waals surface area contributed by atoms with Gasteiger partial charge < -0.3 is 20.1 Å². The number of para-hydroxylation sites is 1. The fraction of sp³-hybridized carbons (Fsp3) is 0.333. The highest BCUT2D eigenvalue weighted by molar-refractivity contribution is 7.80. The van der Waals surface area contributed by atoms with Gasteiger partial charge >= 0.3 is 0 Å². The van der Waals surface area contributed by atoms with Crippen LogP contribution in [0.25, 0.3) is 0 Å². The molecule has 192 valence electrons. The van der Waals surface area contributed by atoms with Gasteiger partial charge in [-0.3, -0.25) is 9.69 Å². The monoisotopic (exact) mass is 515 g/mol. The lowest BCUT2D eigenvalue weighted by Gasteiger charge is -2.56.